The number of alkyl halides is 3. The SMILES string of the molecule is CCn1nc(C)c(Cl)c1CNCCCC(F)(F)F. The van der Waals surface area contributed by atoms with Gasteiger partial charge in [-0.15, -0.1) is 0 Å². The van der Waals surface area contributed by atoms with Gasteiger partial charge in [0, 0.05) is 19.5 Å². The number of halogens is 4. The molecule has 1 heterocycles. The maximum Gasteiger partial charge on any atom is 0.389 e. The molecule has 0 unspecified atom stereocenters. The highest BCUT2D eigenvalue weighted by atomic mass is 35.5. The maximum atomic E-state index is 11.9. The highest BCUT2D eigenvalue weighted by Crippen LogP contribution is 2.21. The molecule has 0 aliphatic carbocycles. The van der Waals surface area contributed by atoms with Gasteiger partial charge in [0.1, 0.15) is 0 Å². The van der Waals surface area contributed by atoms with Crippen molar-refractivity contribution < 1.29 is 13.2 Å². The minimum atomic E-state index is -4.08. The van der Waals surface area contributed by atoms with E-state index in [0.717, 1.165) is 11.4 Å². The Hall–Kier alpha value is -0.750. The van der Waals surface area contributed by atoms with Crippen molar-refractivity contribution in [3.05, 3.63) is 16.4 Å². The van der Waals surface area contributed by atoms with Crippen LogP contribution < -0.4 is 5.32 Å². The molecule has 0 atom stereocenters. The maximum absolute atomic E-state index is 11.9. The summed E-state index contributed by atoms with van der Waals surface area (Å²) in [6, 6.07) is 0. The molecule has 0 saturated heterocycles. The lowest BCUT2D eigenvalue weighted by molar-refractivity contribution is -0.135. The van der Waals surface area contributed by atoms with Gasteiger partial charge in [-0.3, -0.25) is 4.68 Å². The highest BCUT2D eigenvalue weighted by Gasteiger charge is 2.25. The second-order valence-electron chi connectivity index (χ2n) is 4.06. The molecule has 104 valence electrons. The minimum absolute atomic E-state index is 0.0698. The fourth-order valence-electron chi connectivity index (χ4n) is 1.66. The molecule has 1 aromatic rings. The average molecular weight is 284 g/mol. The van der Waals surface area contributed by atoms with Crippen LogP contribution in [0.4, 0.5) is 13.2 Å². The molecular weight excluding hydrogens is 267 g/mol. The Bertz CT molecular complexity index is 388. The van der Waals surface area contributed by atoms with Crippen molar-refractivity contribution in [1.29, 1.82) is 0 Å². The van der Waals surface area contributed by atoms with Gasteiger partial charge in [0.05, 0.1) is 16.4 Å². The van der Waals surface area contributed by atoms with Crippen molar-refractivity contribution in [1.82, 2.24) is 15.1 Å². The van der Waals surface area contributed by atoms with Gasteiger partial charge in [0.2, 0.25) is 0 Å². The summed E-state index contributed by atoms with van der Waals surface area (Å²) in [5.74, 6) is 0. The quantitative estimate of drug-likeness (QED) is 0.812. The Morgan fingerprint density at radius 2 is 2.06 bits per heavy atom. The molecule has 0 fully saturated rings. The van der Waals surface area contributed by atoms with Crippen molar-refractivity contribution in [2.24, 2.45) is 0 Å². The van der Waals surface area contributed by atoms with Crippen molar-refractivity contribution in [2.45, 2.75) is 46.0 Å². The molecule has 1 aromatic heterocycles. The standard InChI is InChI=1S/C11H17ClF3N3/c1-3-18-9(10(12)8(2)17-18)7-16-6-4-5-11(13,14)15/h16H,3-7H2,1-2H3. The molecule has 0 aliphatic heterocycles. The number of aromatic nitrogens is 2. The summed E-state index contributed by atoms with van der Waals surface area (Å²) in [7, 11) is 0. The van der Waals surface area contributed by atoms with Gasteiger partial charge < -0.3 is 5.32 Å². The second-order valence-corrected chi connectivity index (χ2v) is 4.44. The van der Waals surface area contributed by atoms with Gasteiger partial charge in [0.25, 0.3) is 0 Å². The van der Waals surface area contributed by atoms with Gasteiger partial charge >= 0.3 is 6.18 Å². The molecule has 0 aliphatic rings. The van der Waals surface area contributed by atoms with E-state index in [0.29, 0.717) is 24.7 Å². The number of hydrogen-bond acceptors (Lipinski definition) is 2. The van der Waals surface area contributed by atoms with Crippen LogP contribution >= 0.6 is 11.6 Å². The lowest BCUT2D eigenvalue weighted by Gasteiger charge is -2.08. The van der Waals surface area contributed by atoms with E-state index in [1.165, 1.54) is 0 Å². The Labute approximate surface area is 109 Å². The normalized spacial score (nSPS) is 12.1. The monoisotopic (exact) mass is 283 g/mol. The van der Waals surface area contributed by atoms with E-state index in [1.54, 1.807) is 4.68 Å². The lowest BCUT2D eigenvalue weighted by atomic mass is 10.3. The first kappa shape index (κ1) is 15.3. The van der Waals surface area contributed by atoms with Crippen LogP contribution in [0.15, 0.2) is 0 Å². The van der Waals surface area contributed by atoms with Gasteiger partial charge in [-0.2, -0.15) is 18.3 Å². The van der Waals surface area contributed by atoms with Crippen molar-refractivity contribution >= 4 is 11.6 Å². The summed E-state index contributed by atoms with van der Waals surface area (Å²) in [4.78, 5) is 0. The minimum Gasteiger partial charge on any atom is -0.311 e. The van der Waals surface area contributed by atoms with Crippen LogP contribution in [-0.4, -0.2) is 22.5 Å². The summed E-state index contributed by atoms with van der Waals surface area (Å²) >= 11 is 6.07. The average Bonchev–Trinajstić information content (AvgIpc) is 2.54. The molecule has 0 amide bonds. The van der Waals surface area contributed by atoms with Crippen LogP contribution in [0.1, 0.15) is 31.2 Å². The van der Waals surface area contributed by atoms with Gasteiger partial charge in [-0.05, 0) is 26.8 Å². The first-order valence-electron chi connectivity index (χ1n) is 5.84. The zero-order chi connectivity index (χ0) is 13.8. The zero-order valence-electron chi connectivity index (χ0n) is 10.4. The fourth-order valence-corrected chi connectivity index (χ4v) is 1.86. The van der Waals surface area contributed by atoms with Crippen molar-refractivity contribution in [3.63, 3.8) is 0 Å². The number of nitrogens with zero attached hydrogens (tertiary/aromatic N) is 2. The van der Waals surface area contributed by atoms with E-state index in [2.05, 4.69) is 10.4 Å². The van der Waals surface area contributed by atoms with E-state index in [1.807, 2.05) is 13.8 Å². The van der Waals surface area contributed by atoms with E-state index in [-0.39, 0.29) is 6.42 Å². The largest absolute Gasteiger partial charge is 0.389 e. The topological polar surface area (TPSA) is 29.9 Å². The van der Waals surface area contributed by atoms with Crippen LogP contribution in [0.2, 0.25) is 5.02 Å². The molecule has 1 rings (SSSR count). The predicted octanol–water partition coefficient (Wildman–Crippen LogP) is 3.30. The third-order valence-corrected chi connectivity index (χ3v) is 3.05. The van der Waals surface area contributed by atoms with Crippen LogP contribution in [0, 0.1) is 6.92 Å². The number of aryl methyl sites for hydroxylation is 2. The molecule has 1 N–H and O–H groups in total. The van der Waals surface area contributed by atoms with Gasteiger partial charge in [-0.1, -0.05) is 11.6 Å². The van der Waals surface area contributed by atoms with E-state index < -0.39 is 12.6 Å². The third kappa shape index (κ3) is 4.49. The fraction of sp³-hybridized carbons (Fsp3) is 0.727. The Kier molecular flexibility index (Phi) is 5.47. The van der Waals surface area contributed by atoms with Crippen molar-refractivity contribution in [2.75, 3.05) is 6.54 Å². The number of hydrogen-bond donors (Lipinski definition) is 1. The molecule has 7 heteroatoms. The summed E-state index contributed by atoms with van der Waals surface area (Å²) in [5.41, 5.74) is 1.56. The van der Waals surface area contributed by atoms with Crippen LogP contribution in [0.3, 0.4) is 0 Å². The molecular formula is C11H17ClF3N3. The van der Waals surface area contributed by atoms with Crippen molar-refractivity contribution in [3.8, 4) is 0 Å². The van der Waals surface area contributed by atoms with Crippen LogP contribution in [0.25, 0.3) is 0 Å². The Morgan fingerprint density at radius 3 is 2.61 bits per heavy atom. The Morgan fingerprint density at radius 1 is 1.39 bits per heavy atom. The number of rotatable bonds is 6. The van der Waals surface area contributed by atoms with E-state index in [9.17, 15) is 13.2 Å². The van der Waals surface area contributed by atoms with Crippen LogP contribution in [0.5, 0.6) is 0 Å². The smallest absolute Gasteiger partial charge is 0.311 e. The summed E-state index contributed by atoms with van der Waals surface area (Å²) < 4.78 is 37.5. The molecule has 0 bridgehead atoms. The predicted molar refractivity (Wildman–Crippen MR) is 64.6 cm³/mol. The van der Waals surface area contributed by atoms with E-state index >= 15 is 0 Å². The summed E-state index contributed by atoms with van der Waals surface area (Å²) in [6.45, 7) is 5.18. The second kappa shape index (κ2) is 6.43. The molecule has 18 heavy (non-hydrogen) atoms. The molecule has 0 saturated carbocycles. The lowest BCUT2D eigenvalue weighted by Crippen LogP contribution is -2.20. The van der Waals surface area contributed by atoms with E-state index in [4.69, 9.17) is 11.6 Å². The summed E-state index contributed by atoms with van der Waals surface area (Å²) in [6.07, 6.45) is -4.78. The van der Waals surface area contributed by atoms with Crippen LogP contribution in [-0.2, 0) is 13.1 Å². The number of nitrogens with one attached hydrogen (secondary N) is 1. The molecule has 0 spiro atoms. The highest BCUT2D eigenvalue weighted by molar-refractivity contribution is 6.31. The molecule has 0 radical (unpaired) electrons. The zero-order valence-corrected chi connectivity index (χ0v) is 11.2. The first-order valence-corrected chi connectivity index (χ1v) is 6.22. The first-order chi connectivity index (χ1) is 8.35. The molecule has 0 aromatic carbocycles. The summed E-state index contributed by atoms with van der Waals surface area (Å²) in [5, 5.41) is 7.77. The van der Waals surface area contributed by atoms with Gasteiger partial charge in [0.15, 0.2) is 0 Å². The molecule has 3 nitrogen and oxygen atoms in total. The third-order valence-electron chi connectivity index (χ3n) is 2.56. The Balaban J connectivity index is 2.40. The van der Waals surface area contributed by atoms with Gasteiger partial charge in [-0.25, -0.2) is 0 Å².